The summed E-state index contributed by atoms with van der Waals surface area (Å²) in [6.45, 7) is 35.8. The number of aromatic nitrogens is 2. The fourth-order valence-electron chi connectivity index (χ4n) is 18.5. The highest BCUT2D eigenvalue weighted by atomic mass is 15.2. The van der Waals surface area contributed by atoms with Gasteiger partial charge in [0.2, 0.25) is 0 Å². The zero-order chi connectivity index (χ0) is 79.8. The average molecular weight is 1490 g/mol. The lowest BCUT2D eigenvalue weighted by Gasteiger charge is -2.45. The van der Waals surface area contributed by atoms with Gasteiger partial charge in [-0.3, -0.25) is 0 Å². The highest BCUT2D eigenvalue weighted by Gasteiger charge is 2.44. The van der Waals surface area contributed by atoms with Crippen molar-refractivity contribution in [3.8, 4) is 73.1 Å². The van der Waals surface area contributed by atoms with Crippen LogP contribution in [0.1, 0.15) is 148 Å². The van der Waals surface area contributed by atoms with Crippen molar-refractivity contribution in [3.05, 3.63) is 342 Å². The Balaban J connectivity index is 0.946. The Bertz CT molecular complexity index is 5940. The van der Waals surface area contributed by atoms with E-state index in [1.165, 1.54) is 149 Å². The molecule has 0 N–H and O–H groups in total. The summed E-state index contributed by atoms with van der Waals surface area (Å²) in [6.07, 6.45) is 1.44. The van der Waals surface area contributed by atoms with Crippen LogP contribution in [0.5, 0.6) is 0 Å². The van der Waals surface area contributed by atoms with E-state index in [4.69, 9.17) is 0 Å². The molecule has 2 aliphatic heterocycles. The van der Waals surface area contributed by atoms with Gasteiger partial charge in [0.05, 0.1) is 33.7 Å². The van der Waals surface area contributed by atoms with Crippen molar-refractivity contribution in [3.63, 3.8) is 0 Å². The fraction of sp³-hybridized carbons (Fsp3) is 0.220. The number of rotatable bonds is 13. The molecule has 2 aromatic heterocycles. The quantitative estimate of drug-likeness (QED) is 0.108. The molecule has 0 amide bonds. The second-order valence-electron chi connectivity index (χ2n) is 37.5. The third-order valence-corrected chi connectivity index (χ3v) is 24.9. The van der Waals surface area contributed by atoms with E-state index in [0.29, 0.717) is 18.7 Å². The Labute approximate surface area is 680 Å². The van der Waals surface area contributed by atoms with Gasteiger partial charge in [0.25, 0.3) is 6.71 Å². The predicted octanol–water partition coefficient (Wildman–Crippen LogP) is 26.5. The van der Waals surface area contributed by atoms with Crippen molar-refractivity contribution >= 4 is 89.5 Å². The number of nitrogens with zero attached hydrogens (tertiary/aromatic N) is 5. The first-order chi connectivity index (χ1) is 55.1. The summed E-state index contributed by atoms with van der Waals surface area (Å²) in [5, 5.41) is 16.2. The molecule has 5 nitrogen and oxygen atoms in total. The molecule has 14 aromatic carbocycles. The van der Waals surface area contributed by atoms with Crippen molar-refractivity contribution < 1.29 is 0 Å². The monoisotopic (exact) mass is 1490 g/mol. The molecule has 566 valence electrons. The van der Waals surface area contributed by atoms with E-state index >= 15 is 0 Å². The molecule has 115 heavy (non-hydrogen) atoms. The molecule has 0 aliphatic carbocycles. The molecule has 4 heterocycles. The summed E-state index contributed by atoms with van der Waals surface area (Å²) in [5.74, 6) is 0. The van der Waals surface area contributed by atoms with Gasteiger partial charge < -0.3 is 18.9 Å². The summed E-state index contributed by atoms with van der Waals surface area (Å²) in [5.41, 5.74) is 36.3. The van der Waals surface area contributed by atoms with Crippen LogP contribution in [0.2, 0.25) is 0 Å². The zero-order valence-corrected chi connectivity index (χ0v) is 69.4. The van der Waals surface area contributed by atoms with Crippen LogP contribution in [-0.2, 0) is 39.9 Å². The van der Waals surface area contributed by atoms with E-state index in [-0.39, 0.29) is 33.8 Å². The zero-order valence-electron chi connectivity index (χ0n) is 69.4. The van der Waals surface area contributed by atoms with Crippen molar-refractivity contribution in [1.29, 1.82) is 5.26 Å². The summed E-state index contributed by atoms with van der Waals surface area (Å²) >= 11 is 0. The number of hydrogen-bond donors (Lipinski definition) is 0. The Morgan fingerprint density at radius 3 is 0.896 bits per heavy atom. The van der Waals surface area contributed by atoms with E-state index in [0.717, 1.165) is 52.3 Å². The van der Waals surface area contributed by atoms with Crippen molar-refractivity contribution in [2.45, 2.75) is 144 Å². The van der Waals surface area contributed by atoms with Gasteiger partial charge in [0, 0.05) is 68.8 Å². The maximum Gasteiger partial charge on any atom is 0.252 e. The summed E-state index contributed by atoms with van der Waals surface area (Å²) < 4.78 is 5.11. The van der Waals surface area contributed by atoms with Crippen LogP contribution in [0, 0.1) is 11.3 Å². The van der Waals surface area contributed by atoms with Crippen molar-refractivity contribution in [2.75, 3.05) is 22.9 Å². The third-order valence-electron chi connectivity index (χ3n) is 24.9. The molecule has 0 fully saturated rings. The summed E-state index contributed by atoms with van der Waals surface area (Å²) in [6, 6.07) is 116. The molecular formula is C109H102BN5. The molecule has 0 saturated heterocycles. The maximum absolute atomic E-state index is 11.2. The van der Waals surface area contributed by atoms with Gasteiger partial charge in [-0.15, -0.1) is 0 Å². The molecule has 0 radical (unpaired) electrons. The van der Waals surface area contributed by atoms with Crippen LogP contribution in [0.15, 0.2) is 297 Å². The largest absolute Gasteiger partial charge is 0.342 e. The SMILES string of the molecule is CC(C)(C)c1cc(C#N)cc(-c2cc3c4c(c2)N(CCc2c(-c5ccccc5)cccc2-c2ccccc2)c2cc(-n5c6ccc(C(C)(C)C)cc6c6cc(C(C)(C)C)ccc65)ccc2B4c2ccc(-n4c5ccc(C(C)(C)C)cc5c5cc(C(C)(C)C)ccc54)cc2N3CCc2c(-c3ccccc3)cccc2-c2ccccc2)c1. The van der Waals surface area contributed by atoms with Crippen LogP contribution < -0.4 is 26.2 Å². The Kier molecular flexibility index (Phi) is 18.2. The van der Waals surface area contributed by atoms with E-state index in [9.17, 15) is 5.26 Å². The lowest BCUT2D eigenvalue weighted by Crippen LogP contribution is -2.62. The summed E-state index contributed by atoms with van der Waals surface area (Å²) in [7, 11) is 0. The smallest absolute Gasteiger partial charge is 0.252 e. The number of benzene rings is 14. The minimum atomic E-state index is -0.256. The van der Waals surface area contributed by atoms with E-state index in [1.54, 1.807) is 0 Å². The van der Waals surface area contributed by atoms with Crippen molar-refractivity contribution in [2.24, 2.45) is 0 Å². The highest BCUT2D eigenvalue weighted by molar-refractivity contribution is 7.00. The standard InChI is InChI=1S/C109H102BN5/c1-105(2,3)77-42-50-96-90(63-77)91-64-78(106(4,5)6)43-51-97(91)114(96)82-46-48-94-100(67-82)112(56-54-88-84(71-30-20-16-21-31-71)38-28-39-85(88)72-32-22-17-23-33-72)102-61-76(75-58-70(69-111)59-81(60-75)109(13,14)15)62-103-104(102)110(94)95-49-47-83(115-98-52-44-79(107(7,8)9)65-92(98)93-66-80(108(10,11)12)45-53-99(93)115)68-101(95)113(103)57-55-89-86(73-34-24-18-25-35-73)40-29-41-87(89)74-36-26-19-27-37-74/h16-53,58-68H,54-57H2,1-15H3. The minimum absolute atomic E-state index is 0.0639. The Hall–Kier alpha value is -12.2. The van der Waals surface area contributed by atoms with Gasteiger partial charge in [-0.05, 0) is 248 Å². The fourth-order valence-corrected chi connectivity index (χ4v) is 18.5. The molecular weight excluding hydrogens is 1390 g/mol. The van der Waals surface area contributed by atoms with E-state index in [2.05, 4.69) is 426 Å². The Morgan fingerprint density at radius 1 is 0.278 bits per heavy atom. The minimum Gasteiger partial charge on any atom is -0.342 e. The lowest BCUT2D eigenvalue weighted by molar-refractivity contribution is 0.590. The Morgan fingerprint density at radius 2 is 0.591 bits per heavy atom. The van der Waals surface area contributed by atoms with Crippen LogP contribution in [0.25, 0.3) is 111 Å². The molecule has 0 atom stereocenters. The van der Waals surface area contributed by atoms with Gasteiger partial charge in [-0.25, -0.2) is 0 Å². The number of anilines is 4. The highest BCUT2D eigenvalue weighted by Crippen LogP contribution is 2.48. The van der Waals surface area contributed by atoms with Crippen LogP contribution in [0.4, 0.5) is 22.7 Å². The normalized spacial score (nSPS) is 13.1. The van der Waals surface area contributed by atoms with Gasteiger partial charge in [-0.1, -0.05) is 304 Å². The van der Waals surface area contributed by atoms with E-state index < -0.39 is 0 Å². The molecule has 6 heteroatoms. The second-order valence-corrected chi connectivity index (χ2v) is 37.5. The average Bonchev–Trinajstić information content (AvgIpc) is 0.942. The number of nitriles is 1. The number of fused-ring (bicyclic) bond motifs is 10. The van der Waals surface area contributed by atoms with Crippen LogP contribution in [0.3, 0.4) is 0 Å². The molecule has 2 aliphatic rings. The first kappa shape index (κ1) is 74.3. The first-order valence-corrected chi connectivity index (χ1v) is 41.4. The molecule has 0 spiro atoms. The maximum atomic E-state index is 11.2. The van der Waals surface area contributed by atoms with Gasteiger partial charge >= 0.3 is 0 Å². The van der Waals surface area contributed by atoms with Crippen LogP contribution in [-0.4, -0.2) is 28.9 Å². The molecule has 0 saturated carbocycles. The van der Waals surface area contributed by atoms with Gasteiger partial charge in [0.1, 0.15) is 0 Å². The van der Waals surface area contributed by atoms with Gasteiger partial charge in [0.15, 0.2) is 0 Å². The number of hydrogen-bond acceptors (Lipinski definition) is 3. The third kappa shape index (κ3) is 13.3. The second kappa shape index (κ2) is 28.1. The van der Waals surface area contributed by atoms with E-state index in [1.807, 2.05) is 0 Å². The molecule has 0 unspecified atom stereocenters. The predicted molar refractivity (Wildman–Crippen MR) is 492 cm³/mol. The molecule has 0 bridgehead atoms. The van der Waals surface area contributed by atoms with Crippen LogP contribution >= 0.6 is 0 Å². The molecule has 18 rings (SSSR count). The van der Waals surface area contributed by atoms with Crippen molar-refractivity contribution in [1.82, 2.24) is 9.13 Å². The summed E-state index contributed by atoms with van der Waals surface area (Å²) in [4.78, 5) is 5.45. The topological polar surface area (TPSA) is 40.1 Å². The molecule has 16 aromatic rings. The first-order valence-electron chi connectivity index (χ1n) is 41.4. The lowest BCUT2D eigenvalue weighted by atomic mass is 9.33. The van der Waals surface area contributed by atoms with Gasteiger partial charge in [-0.2, -0.15) is 5.26 Å².